The summed E-state index contributed by atoms with van der Waals surface area (Å²) in [5.74, 6) is -1.08. The molecule has 2 heterocycles. The molecule has 2 aromatic heterocycles. The number of hydrogen-bond acceptors (Lipinski definition) is 6. The predicted molar refractivity (Wildman–Crippen MR) is 105 cm³/mol. The monoisotopic (exact) mass is 381 g/mol. The molecule has 146 valence electrons. The Balaban J connectivity index is 2.47. The van der Waals surface area contributed by atoms with E-state index < -0.39 is 11.9 Å². The van der Waals surface area contributed by atoms with Crippen LogP contribution in [0.5, 0.6) is 0 Å². The van der Waals surface area contributed by atoms with E-state index in [-0.39, 0.29) is 11.4 Å². The van der Waals surface area contributed by atoms with Gasteiger partial charge in [0.15, 0.2) is 17.0 Å². The Kier molecular flexibility index (Phi) is 5.44. The summed E-state index contributed by atoms with van der Waals surface area (Å²) >= 11 is 0. The summed E-state index contributed by atoms with van der Waals surface area (Å²) in [6.45, 7) is 5.95. The van der Waals surface area contributed by atoms with Crippen LogP contribution in [0.15, 0.2) is 24.3 Å². The molecule has 0 aliphatic rings. The topological polar surface area (TPSA) is 82.8 Å². The second-order valence-electron chi connectivity index (χ2n) is 6.59. The summed E-state index contributed by atoms with van der Waals surface area (Å²) in [5.41, 5.74) is 4.93. The number of carbonyl (C=O) groups excluding carboxylic acids is 2. The van der Waals surface area contributed by atoms with Gasteiger partial charge in [0.1, 0.15) is 0 Å². The number of aryl methyl sites for hydroxylation is 3. The predicted octanol–water partition coefficient (Wildman–Crippen LogP) is 3.54. The van der Waals surface area contributed by atoms with Crippen molar-refractivity contribution in [1.82, 2.24) is 14.6 Å². The van der Waals surface area contributed by atoms with Gasteiger partial charge in [-0.05, 0) is 43.0 Å². The number of hydrogen-bond donors (Lipinski definition) is 0. The van der Waals surface area contributed by atoms with Crippen LogP contribution in [-0.2, 0) is 15.9 Å². The molecule has 0 amide bonds. The average molecular weight is 381 g/mol. The lowest BCUT2D eigenvalue weighted by Gasteiger charge is -2.11. The largest absolute Gasteiger partial charge is 0.464 e. The summed E-state index contributed by atoms with van der Waals surface area (Å²) in [6.07, 6.45) is 1.50. The Morgan fingerprint density at radius 3 is 2.25 bits per heavy atom. The van der Waals surface area contributed by atoms with Crippen molar-refractivity contribution in [2.24, 2.45) is 0 Å². The van der Waals surface area contributed by atoms with Gasteiger partial charge in [-0.15, -0.1) is 0 Å². The van der Waals surface area contributed by atoms with E-state index in [4.69, 9.17) is 9.47 Å². The van der Waals surface area contributed by atoms with Crippen molar-refractivity contribution in [3.63, 3.8) is 0 Å². The van der Waals surface area contributed by atoms with Crippen LogP contribution in [0.1, 0.15) is 51.1 Å². The minimum atomic E-state index is -0.551. The highest BCUT2D eigenvalue weighted by molar-refractivity contribution is 6.01. The normalized spacial score (nSPS) is 10.9. The van der Waals surface area contributed by atoms with E-state index in [1.807, 2.05) is 39.0 Å². The molecule has 0 saturated heterocycles. The first kappa shape index (κ1) is 19.5. The molecule has 28 heavy (non-hydrogen) atoms. The molecule has 7 heteroatoms. The summed E-state index contributed by atoms with van der Waals surface area (Å²) in [6, 6.07) is 7.53. The lowest BCUT2D eigenvalue weighted by molar-refractivity contribution is 0.0585. The minimum Gasteiger partial charge on any atom is -0.464 e. The third kappa shape index (κ3) is 3.24. The fourth-order valence-electron chi connectivity index (χ4n) is 3.40. The highest BCUT2D eigenvalue weighted by Crippen LogP contribution is 2.34. The molecule has 0 aliphatic heterocycles. The van der Waals surface area contributed by atoms with Crippen LogP contribution in [0.2, 0.25) is 0 Å². The molecule has 0 saturated carbocycles. The van der Waals surface area contributed by atoms with Gasteiger partial charge in [0.25, 0.3) is 0 Å². The van der Waals surface area contributed by atoms with Gasteiger partial charge in [-0.3, -0.25) is 0 Å². The third-order valence-electron chi connectivity index (χ3n) is 4.67. The first-order valence-corrected chi connectivity index (χ1v) is 9.08. The van der Waals surface area contributed by atoms with Crippen LogP contribution in [0.4, 0.5) is 0 Å². The lowest BCUT2D eigenvalue weighted by Crippen LogP contribution is -2.10. The molecule has 0 aliphatic carbocycles. The molecule has 0 radical (unpaired) electrons. The molecule has 7 nitrogen and oxygen atoms in total. The summed E-state index contributed by atoms with van der Waals surface area (Å²) in [7, 11) is 2.64. The number of aromatic nitrogens is 3. The second-order valence-corrected chi connectivity index (χ2v) is 6.59. The van der Waals surface area contributed by atoms with E-state index in [9.17, 15) is 9.59 Å². The Hall–Kier alpha value is -3.22. The first-order valence-electron chi connectivity index (χ1n) is 9.08. The SMILES string of the molecule is CCCc1cc(C(=O)OC)nc2c(-c3c(C)cccc3C)c(C(=O)OC)nn12. The lowest BCUT2D eigenvalue weighted by atomic mass is 9.95. The number of carbonyl (C=O) groups is 2. The Labute approximate surface area is 163 Å². The smallest absolute Gasteiger partial charge is 0.359 e. The van der Waals surface area contributed by atoms with Gasteiger partial charge in [0, 0.05) is 5.69 Å². The molecule has 0 spiro atoms. The van der Waals surface area contributed by atoms with Crippen molar-refractivity contribution in [2.75, 3.05) is 14.2 Å². The molecular weight excluding hydrogens is 358 g/mol. The van der Waals surface area contributed by atoms with Crippen LogP contribution in [-0.4, -0.2) is 40.8 Å². The van der Waals surface area contributed by atoms with Gasteiger partial charge in [0.2, 0.25) is 0 Å². The maximum Gasteiger partial charge on any atom is 0.359 e. The van der Waals surface area contributed by atoms with E-state index in [1.165, 1.54) is 14.2 Å². The number of nitrogens with zero attached hydrogens (tertiary/aromatic N) is 3. The zero-order valence-corrected chi connectivity index (χ0v) is 16.7. The first-order chi connectivity index (χ1) is 13.4. The minimum absolute atomic E-state index is 0.173. The molecule has 3 rings (SSSR count). The van der Waals surface area contributed by atoms with Gasteiger partial charge in [-0.25, -0.2) is 19.1 Å². The number of esters is 2. The summed E-state index contributed by atoms with van der Waals surface area (Å²) in [5, 5.41) is 4.51. The molecular formula is C21H23N3O4. The highest BCUT2D eigenvalue weighted by Gasteiger charge is 2.27. The fraction of sp³-hybridized carbons (Fsp3) is 0.333. The number of fused-ring (bicyclic) bond motifs is 1. The zero-order chi connectivity index (χ0) is 20.4. The highest BCUT2D eigenvalue weighted by atomic mass is 16.5. The quantitative estimate of drug-likeness (QED) is 0.629. The van der Waals surface area contributed by atoms with Gasteiger partial charge in [-0.2, -0.15) is 5.10 Å². The molecule has 3 aromatic rings. The van der Waals surface area contributed by atoms with Gasteiger partial charge in [0.05, 0.1) is 19.8 Å². The standard InChI is InChI=1S/C21H23N3O4/c1-6-8-14-11-15(20(25)27-4)22-19-17(16-12(2)9-7-10-13(16)3)18(21(26)28-5)23-24(14)19/h7,9-11H,6,8H2,1-5H3. The van der Waals surface area contributed by atoms with Crippen molar-refractivity contribution >= 4 is 17.6 Å². The van der Waals surface area contributed by atoms with Crippen molar-refractivity contribution in [3.05, 3.63) is 52.5 Å². The Bertz CT molecular complexity index is 1050. The van der Waals surface area contributed by atoms with E-state index in [2.05, 4.69) is 10.1 Å². The van der Waals surface area contributed by atoms with Gasteiger partial charge < -0.3 is 9.47 Å². The summed E-state index contributed by atoms with van der Waals surface area (Å²) < 4.78 is 11.5. The van der Waals surface area contributed by atoms with Crippen LogP contribution in [0.3, 0.4) is 0 Å². The van der Waals surface area contributed by atoms with Crippen molar-refractivity contribution in [1.29, 1.82) is 0 Å². The van der Waals surface area contributed by atoms with Crippen LogP contribution >= 0.6 is 0 Å². The average Bonchev–Trinajstić information content (AvgIpc) is 3.06. The molecule has 1 aromatic carbocycles. The molecule has 0 unspecified atom stereocenters. The molecule has 0 N–H and O–H groups in total. The van der Waals surface area contributed by atoms with Crippen LogP contribution in [0.25, 0.3) is 16.8 Å². The number of rotatable bonds is 5. The van der Waals surface area contributed by atoms with E-state index in [1.54, 1.807) is 10.6 Å². The number of methoxy groups -OCH3 is 2. The maximum atomic E-state index is 12.5. The molecule has 0 bridgehead atoms. The van der Waals surface area contributed by atoms with Crippen LogP contribution in [0, 0.1) is 13.8 Å². The molecule has 0 fully saturated rings. The maximum absolute atomic E-state index is 12.5. The Morgan fingerprint density at radius 2 is 1.68 bits per heavy atom. The van der Waals surface area contributed by atoms with Gasteiger partial charge in [-0.1, -0.05) is 31.5 Å². The van der Waals surface area contributed by atoms with E-state index in [0.717, 1.165) is 28.8 Å². The summed E-state index contributed by atoms with van der Waals surface area (Å²) in [4.78, 5) is 29.2. The van der Waals surface area contributed by atoms with E-state index in [0.29, 0.717) is 17.6 Å². The van der Waals surface area contributed by atoms with Crippen molar-refractivity contribution in [3.8, 4) is 11.1 Å². The van der Waals surface area contributed by atoms with Gasteiger partial charge >= 0.3 is 11.9 Å². The van der Waals surface area contributed by atoms with Crippen molar-refractivity contribution < 1.29 is 19.1 Å². The number of ether oxygens (including phenoxy) is 2. The second kappa shape index (κ2) is 7.80. The van der Waals surface area contributed by atoms with Crippen LogP contribution < -0.4 is 0 Å². The number of benzene rings is 1. The van der Waals surface area contributed by atoms with Crippen molar-refractivity contribution in [2.45, 2.75) is 33.6 Å². The molecule has 0 atom stereocenters. The fourth-order valence-corrected chi connectivity index (χ4v) is 3.40. The zero-order valence-electron chi connectivity index (χ0n) is 16.7. The Morgan fingerprint density at radius 1 is 1.04 bits per heavy atom. The van der Waals surface area contributed by atoms with E-state index >= 15 is 0 Å². The third-order valence-corrected chi connectivity index (χ3v) is 4.67.